The minimum atomic E-state index is -3.34. The molecule has 0 atom stereocenters. The molecular weight excluding hydrogens is 474 g/mol. The Hall–Kier alpha value is -1.79. The summed E-state index contributed by atoms with van der Waals surface area (Å²) in [5.74, 6) is -1.98. The molecule has 0 unspecified atom stereocenters. The van der Waals surface area contributed by atoms with Crippen LogP contribution in [0, 0.1) is 5.82 Å². The van der Waals surface area contributed by atoms with Gasteiger partial charge in [-0.3, -0.25) is 14.2 Å². The topological polar surface area (TPSA) is 133 Å². The Kier molecular flexibility index (Phi) is 9.45. The third-order valence-corrected chi connectivity index (χ3v) is 7.16. The Labute approximate surface area is 220 Å². The van der Waals surface area contributed by atoms with Gasteiger partial charge in [0.15, 0.2) is 0 Å². The molecule has 2 aromatic rings. The number of carbonyl (C=O) groups is 1. The summed E-state index contributed by atoms with van der Waals surface area (Å²) in [5.41, 5.74) is -1.42. The van der Waals surface area contributed by atoms with Gasteiger partial charge in [0.2, 0.25) is 15.6 Å². The van der Waals surface area contributed by atoms with E-state index < -0.39 is 44.2 Å². The van der Waals surface area contributed by atoms with Crippen molar-refractivity contribution < 1.29 is 52.3 Å². The zero-order valence-electron chi connectivity index (χ0n) is 19.9. The number of nitrogens with one attached hydrogen (secondary N) is 2. The molecule has 0 spiro atoms. The summed E-state index contributed by atoms with van der Waals surface area (Å²) in [4.78, 5) is 29.7. The fourth-order valence-corrected chi connectivity index (χ4v) is 4.71. The van der Waals surface area contributed by atoms with E-state index in [0.717, 1.165) is 0 Å². The second-order valence-electron chi connectivity index (χ2n) is 9.12. The quantitative estimate of drug-likeness (QED) is 0.306. The van der Waals surface area contributed by atoms with Crippen molar-refractivity contribution in [3.05, 3.63) is 57.5 Å². The normalized spacial score (nSPS) is 13.9. The van der Waals surface area contributed by atoms with Crippen molar-refractivity contribution in [2.24, 2.45) is 0 Å². The number of benzene rings is 1. The summed E-state index contributed by atoms with van der Waals surface area (Å²) in [6.45, 7) is 5.64. The standard InChI is InChI=1S/C22H29FN4O5S.Na/c1-22(2,3)21-26-17(19(29)24-13-14-5-7-15(23)8-6-14)18(28)20(30)27(21)12-4-11-25-33(31,32)16-9-10-16;/h5-8,16,25,28H,4,9-13H2,1-3H3,(H,24,29);/q;+1/p-1. The number of nitrogens with zero attached hydrogens (tertiary/aromatic N) is 2. The van der Waals surface area contributed by atoms with Crippen LogP contribution in [0.15, 0.2) is 29.1 Å². The van der Waals surface area contributed by atoms with Crippen LogP contribution >= 0.6 is 0 Å². The summed E-state index contributed by atoms with van der Waals surface area (Å²) in [7, 11) is -3.34. The van der Waals surface area contributed by atoms with Crippen LogP contribution in [0.5, 0.6) is 5.75 Å². The molecule has 1 aliphatic rings. The fraction of sp³-hybridized carbons (Fsp3) is 0.500. The van der Waals surface area contributed by atoms with Crippen molar-refractivity contribution in [3.8, 4) is 5.75 Å². The first-order valence-corrected chi connectivity index (χ1v) is 12.3. The Balaban J connectivity index is 0.00000408. The molecular formula is C22H28FN4NaO5S. The van der Waals surface area contributed by atoms with Gasteiger partial charge < -0.3 is 10.4 Å². The SMILES string of the molecule is CC(C)(C)c1nc(C(=O)NCc2ccc(F)cc2)c([O-])c(=O)n1CCCNS(=O)(=O)C1CC1.[Na+]. The number of aromatic nitrogens is 2. The average Bonchev–Trinajstić information content (AvgIpc) is 3.58. The van der Waals surface area contributed by atoms with E-state index in [1.54, 1.807) is 20.8 Å². The predicted octanol–water partition coefficient (Wildman–Crippen LogP) is -1.84. The monoisotopic (exact) mass is 502 g/mol. The van der Waals surface area contributed by atoms with Gasteiger partial charge in [-0.2, -0.15) is 0 Å². The molecule has 1 saturated carbocycles. The number of halogens is 1. The molecule has 1 aromatic heterocycles. The molecule has 1 heterocycles. The van der Waals surface area contributed by atoms with Crippen LogP contribution in [-0.4, -0.2) is 35.7 Å². The Morgan fingerprint density at radius 3 is 2.41 bits per heavy atom. The Morgan fingerprint density at radius 2 is 1.85 bits per heavy atom. The first-order chi connectivity index (χ1) is 15.4. The third-order valence-electron chi connectivity index (χ3n) is 5.21. The molecule has 34 heavy (non-hydrogen) atoms. The number of amides is 1. The van der Waals surface area contributed by atoms with Crippen molar-refractivity contribution in [2.45, 2.75) is 63.8 Å². The maximum atomic E-state index is 13.0. The van der Waals surface area contributed by atoms with Gasteiger partial charge in [-0.05, 0) is 42.7 Å². The van der Waals surface area contributed by atoms with Crippen molar-refractivity contribution in [1.82, 2.24) is 19.6 Å². The first-order valence-electron chi connectivity index (χ1n) is 10.7. The van der Waals surface area contributed by atoms with E-state index in [0.29, 0.717) is 18.4 Å². The number of hydrogen-bond acceptors (Lipinski definition) is 6. The Morgan fingerprint density at radius 1 is 1.24 bits per heavy atom. The molecule has 0 aliphatic heterocycles. The summed E-state index contributed by atoms with van der Waals surface area (Å²) in [6.07, 6.45) is 1.58. The molecule has 1 aliphatic carbocycles. The molecule has 2 N–H and O–H groups in total. The van der Waals surface area contributed by atoms with Crippen LogP contribution in [0.1, 0.15) is 61.9 Å². The molecule has 1 aromatic carbocycles. The van der Waals surface area contributed by atoms with Gasteiger partial charge >= 0.3 is 29.6 Å². The van der Waals surface area contributed by atoms with Crippen molar-refractivity contribution in [2.75, 3.05) is 6.54 Å². The van der Waals surface area contributed by atoms with Crippen LogP contribution in [0.3, 0.4) is 0 Å². The average molecular weight is 503 g/mol. The maximum absolute atomic E-state index is 13.0. The van der Waals surface area contributed by atoms with Gasteiger partial charge in [0.1, 0.15) is 17.3 Å². The van der Waals surface area contributed by atoms with Crippen LogP contribution < -0.4 is 50.3 Å². The number of carbonyl (C=O) groups excluding carboxylic acids is 1. The molecule has 9 nitrogen and oxygen atoms in total. The van der Waals surface area contributed by atoms with E-state index >= 15 is 0 Å². The number of hydrogen-bond donors (Lipinski definition) is 2. The fourth-order valence-electron chi connectivity index (χ4n) is 3.29. The van der Waals surface area contributed by atoms with Gasteiger partial charge in [0.25, 0.3) is 5.91 Å². The molecule has 0 bridgehead atoms. The number of rotatable bonds is 9. The van der Waals surface area contributed by atoms with Crippen molar-refractivity contribution in [3.63, 3.8) is 0 Å². The van der Waals surface area contributed by atoms with Crippen molar-refractivity contribution >= 4 is 15.9 Å². The van der Waals surface area contributed by atoms with E-state index in [1.807, 2.05) is 0 Å². The van der Waals surface area contributed by atoms with Gasteiger partial charge in [-0.15, -0.1) is 0 Å². The van der Waals surface area contributed by atoms with Crippen molar-refractivity contribution in [1.29, 1.82) is 0 Å². The summed E-state index contributed by atoms with van der Waals surface area (Å²) >= 11 is 0. The third kappa shape index (κ3) is 7.11. The second kappa shape index (κ2) is 11.3. The van der Waals surface area contributed by atoms with E-state index in [9.17, 15) is 27.5 Å². The Bertz CT molecular complexity index is 1190. The summed E-state index contributed by atoms with van der Waals surface area (Å²) in [5, 5.41) is 14.8. The summed E-state index contributed by atoms with van der Waals surface area (Å²) in [6, 6.07) is 5.50. The smallest absolute Gasteiger partial charge is 0.867 e. The number of sulfonamides is 1. The molecule has 1 amide bonds. The second-order valence-corrected chi connectivity index (χ2v) is 11.2. The van der Waals surface area contributed by atoms with E-state index in [1.165, 1.54) is 28.8 Å². The molecule has 12 heteroatoms. The van der Waals surface area contributed by atoms with Gasteiger partial charge in [0, 0.05) is 25.0 Å². The molecule has 0 saturated heterocycles. The largest absolute Gasteiger partial charge is 1.00 e. The van der Waals surface area contributed by atoms with Gasteiger partial charge in [-0.25, -0.2) is 22.5 Å². The van der Waals surface area contributed by atoms with Crippen LogP contribution in [0.25, 0.3) is 0 Å². The van der Waals surface area contributed by atoms with Gasteiger partial charge in [-0.1, -0.05) is 32.9 Å². The van der Waals surface area contributed by atoms with Crippen LogP contribution in [0.2, 0.25) is 0 Å². The molecule has 1 fully saturated rings. The summed E-state index contributed by atoms with van der Waals surface area (Å²) < 4.78 is 40.7. The zero-order chi connectivity index (χ0) is 24.4. The zero-order valence-corrected chi connectivity index (χ0v) is 22.7. The van der Waals surface area contributed by atoms with E-state index in [2.05, 4.69) is 15.0 Å². The van der Waals surface area contributed by atoms with Crippen LogP contribution in [-0.2, 0) is 28.5 Å². The maximum Gasteiger partial charge on any atom is 1.00 e. The van der Waals surface area contributed by atoms with E-state index in [4.69, 9.17) is 0 Å². The van der Waals surface area contributed by atoms with Crippen LogP contribution in [0.4, 0.5) is 4.39 Å². The minimum Gasteiger partial charge on any atom is -0.867 e. The van der Waals surface area contributed by atoms with Gasteiger partial charge in [0.05, 0.1) is 5.25 Å². The molecule has 3 rings (SSSR count). The molecule has 180 valence electrons. The van der Waals surface area contributed by atoms with E-state index in [-0.39, 0.29) is 66.7 Å². The predicted molar refractivity (Wildman–Crippen MR) is 119 cm³/mol. The molecule has 0 radical (unpaired) electrons. The first kappa shape index (κ1) is 28.4. The minimum absolute atomic E-state index is 0.